The van der Waals surface area contributed by atoms with Crippen molar-refractivity contribution >= 4 is 50.7 Å². The number of likely N-dealkylation sites (N-methyl/N-ethyl adjacent to an activating group) is 1. The molecule has 0 saturated carbocycles. The van der Waals surface area contributed by atoms with Gasteiger partial charge < -0.3 is 10.2 Å². The second kappa shape index (κ2) is 14.0. The highest BCUT2D eigenvalue weighted by atomic mass is 35.5. The molecule has 0 aliphatic rings. The van der Waals surface area contributed by atoms with Crippen LogP contribution < -0.4 is 14.6 Å². The maximum atomic E-state index is 13.7. The molecule has 0 aliphatic heterocycles. The van der Waals surface area contributed by atoms with Crippen LogP contribution in [-0.4, -0.2) is 55.4 Å². The van der Waals surface area contributed by atoms with E-state index in [1.54, 1.807) is 35.3 Å². The minimum atomic E-state index is -4.27. The topological polar surface area (TPSA) is 99.3 Å². The average Bonchev–Trinajstić information content (AvgIpc) is 2.93. The molecule has 41 heavy (non-hydrogen) atoms. The van der Waals surface area contributed by atoms with Crippen LogP contribution in [0.3, 0.4) is 0 Å². The molecular weight excluding hydrogens is 587 g/mol. The molecule has 2 amide bonds. The zero-order valence-corrected chi connectivity index (χ0v) is 25.9. The van der Waals surface area contributed by atoms with E-state index in [2.05, 4.69) is 5.32 Å². The summed E-state index contributed by atoms with van der Waals surface area (Å²) < 4.78 is 28.1. The largest absolute Gasteiger partial charge is 0.363 e. The lowest BCUT2D eigenvalue weighted by molar-refractivity contribution is -0.155. The molecule has 3 aromatic rings. The number of carbonyl (C=O) groups is 2. The molecule has 0 fully saturated rings. The molecule has 1 N–H and O–H groups in total. The molecule has 3 rings (SSSR count). The lowest BCUT2D eigenvalue weighted by atomic mass is 10.2. The Morgan fingerprint density at radius 2 is 1.51 bits per heavy atom. The van der Waals surface area contributed by atoms with Crippen LogP contribution in [0.2, 0.25) is 10.0 Å². The quantitative estimate of drug-likeness (QED) is 0.257. The van der Waals surface area contributed by atoms with Gasteiger partial charge in [0.05, 0.1) is 22.2 Å². The number of para-hydroxylation sites is 1. The maximum absolute atomic E-state index is 13.7. The van der Waals surface area contributed by atoms with Crippen LogP contribution in [0.1, 0.15) is 45.0 Å². The summed E-state index contributed by atoms with van der Waals surface area (Å²) in [7, 11) is -4.27. The summed E-state index contributed by atoms with van der Waals surface area (Å²) >= 11 is 12.2. The van der Waals surface area contributed by atoms with Crippen molar-refractivity contribution in [2.75, 3.05) is 17.6 Å². The average molecular weight is 622 g/mol. The van der Waals surface area contributed by atoms with E-state index < -0.39 is 15.9 Å². The predicted molar refractivity (Wildman–Crippen MR) is 161 cm³/mol. The predicted octanol–water partition coefficient (Wildman–Crippen LogP) is 5.79. The standard InChI is InChI=1S/C29H34Cl2N4O5S/c1-6-33(34(20(2)3)21(4)5)28(36)19-32-29(37)22-12-15-25(16-13-22)41(38,39)35(24-10-8-7-9-11-24)40-27-17-14-23(30)18-26(27)31/h7-18,20-21H,6,19H2,1-5H3,(H,32,37). The van der Waals surface area contributed by atoms with Crippen molar-refractivity contribution in [1.29, 1.82) is 0 Å². The lowest BCUT2D eigenvalue weighted by Crippen LogP contribution is -2.55. The first-order chi connectivity index (χ1) is 19.4. The molecule has 0 unspecified atom stereocenters. The Kier molecular flexibility index (Phi) is 11.0. The monoisotopic (exact) mass is 620 g/mol. The molecule has 220 valence electrons. The van der Waals surface area contributed by atoms with Gasteiger partial charge in [-0.25, -0.2) is 5.01 Å². The molecule has 3 aromatic carbocycles. The van der Waals surface area contributed by atoms with Crippen LogP contribution in [-0.2, 0) is 14.8 Å². The maximum Gasteiger partial charge on any atom is 0.295 e. The molecule has 0 aliphatic carbocycles. The summed E-state index contributed by atoms with van der Waals surface area (Å²) in [5.74, 6) is -0.680. The number of nitrogens with one attached hydrogen (secondary N) is 1. The van der Waals surface area contributed by atoms with Crippen molar-refractivity contribution < 1.29 is 22.8 Å². The Labute approximate surface area is 251 Å². The van der Waals surface area contributed by atoms with Crippen molar-refractivity contribution in [2.24, 2.45) is 0 Å². The number of sulfonamides is 1. The molecule has 0 aromatic heterocycles. The summed E-state index contributed by atoms with van der Waals surface area (Å²) in [5, 5.41) is 6.71. The molecule has 0 heterocycles. The molecule has 0 spiro atoms. The first-order valence-corrected chi connectivity index (χ1v) is 15.3. The third-order valence-corrected chi connectivity index (χ3v) is 8.12. The van der Waals surface area contributed by atoms with Gasteiger partial charge in [0.15, 0.2) is 5.75 Å². The van der Waals surface area contributed by atoms with E-state index in [9.17, 15) is 18.0 Å². The third-order valence-electron chi connectivity index (χ3n) is 6.00. The van der Waals surface area contributed by atoms with Crippen molar-refractivity contribution in [3.8, 4) is 5.75 Å². The van der Waals surface area contributed by atoms with Crippen LogP contribution >= 0.6 is 23.2 Å². The minimum absolute atomic E-state index is 0.0822. The first-order valence-electron chi connectivity index (χ1n) is 13.1. The van der Waals surface area contributed by atoms with Gasteiger partial charge in [-0.3, -0.25) is 14.6 Å². The Bertz CT molecular complexity index is 1440. The number of rotatable bonds is 12. The number of anilines is 1. The second-order valence-electron chi connectivity index (χ2n) is 9.62. The Morgan fingerprint density at radius 1 is 0.902 bits per heavy atom. The molecule has 0 saturated heterocycles. The lowest BCUT2D eigenvalue weighted by Gasteiger charge is -2.40. The van der Waals surface area contributed by atoms with Gasteiger partial charge in [0.2, 0.25) is 0 Å². The number of hydrogen-bond acceptors (Lipinski definition) is 6. The van der Waals surface area contributed by atoms with Crippen LogP contribution in [0.4, 0.5) is 5.69 Å². The van der Waals surface area contributed by atoms with Crippen LogP contribution in [0, 0.1) is 0 Å². The van der Waals surface area contributed by atoms with Gasteiger partial charge in [0.1, 0.15) is 0 Å². The van der Waals surface area contributed by atoms with Crippen LogP contribution in [0.5, 0.6) is 5.75 Å². The highest BCUT2D eigenvalue weighted by molar-refractivity contribution is 7.92. The van der Waals surface area contributed by atoms with Gasteiger partial charge in [-0.15, -0.1) is 0 Å². The van der Waals surface area contributed by atoms with E-state index in [0.717, 1.165) is 4.47 Å². The van der Waals surface area contributed by atoms with Crippen molar-refractivity contribution in [3.63, 3.8) is 0 Å². The normalized spacial score (nSPS) is 11.6. The fourth-order valence-electron chi connectivity index (χ4n) is 4.27. The highest BCUT2D eigenvalue weighted by Gasteiger charge is 2.29. The number of halogens is 2. The van der Waals surface area contributed by atoms with E-state index in [-0.39, 0.29) is 51.5 Å². The SMILES string of the molecule is CCN(C(=O)CNC(=O)c1ccc(S(=O)(=O)N(Oc2ccc(Cl)cc2Cl)c2ccccc2)cc1)N(C(C)C)C(C)C. The summed E-state index contributed by atoms with van der Waals surface area (Å²) in [6.45, 7) is 10.1. The third kappa shape index (κ3) is 7.91. The van der Waals surface area contributed by atoms with Gasteiger partial charge in [0.25, 0.3) is 21.8 Å². The van der Waals surface area contributed by atoms with E-state index in [4.69, 9.17) is 28.0 Å². The smallest absolute Gasteiger partial charge is 0.295 e. The fourth-order valence-corrected chi connectivity index (χ4v) is 5.97. The van der Waals surface area contributed by atoms with Crippen LogP contribution in [0.25, 0.3) is 0 Å². The molecule has 0 bridgehead atoms. The van der Waals surface area contributed by atoms with Crippen molar-refractivity contribution in [2.45, 2.75) is 51.6 Å². The summed E-state index contributed by atoms with van der Waals surface area (Å²) in [6.07, 6.45) is 0. The van der Waals surface area contributed by atoms with Crippen molar-refractivity contribution in [1.82, 2.24) is 15.3 Å². The number of nitrogens with zero attached hydrogens (tertiary/aromatic N) is 3. The fraction of sp³-hybridized carbons (Fsp3) is 0.310. The Balaban J connectivity index is 1.79. The number of hydrogen-bond donors (Lipinski definition) is 1. The van der Waals surface area contributed by atoms with Crippen molar-refractivity contribution in [3.05, 3.63) is 88.4 Å². The Hall–Kier alpha value is -3.31. The number of hydrazine groups is 1. The molecule has 9 nitrogen and oxygen atoms in total. The molecule has 12 heteroatoms. The summed E-state index contributed by atoms with van der Waals surface area (Å²) in [6, 6.07) is 18.2. The van der Waals surface area contributed by atoms with Gasteiger partial charge in [-0.1, -0.05) is 45.9 Å². The van der Waals surface area contributed by atoms with Gasteiger partial charge in [-0.05, 0) is 89.2 Å². The zero-order valence-electron chi connectivity index (χ0n) is 23.5. The number of amides is 2. The van der Waals surface area contributed by atoms with Crippen LogP contribution in [0.15, 0.2) is 77.7 Å². The van der Waals surface area contributed by atoms with Gasteiger partial charge in [0, 0.05) is 29.2 Å². The second-order valence-corrected chi connectivity index (χ2v) is 12.2. The zero-order chi connectivity index (χ0) is 30.3. The molecule has 0 atom stereocenters. The summed E-state index contributed by atoms with van der Waals surface area (Å²) in [4.78, 5) is 31.4. The highest BCUT2D eigenvalue weighted by Crippen LogP contribution is 2.32. The first kappa shape index (κ1) is 32.2. The number of benzene rings is 3. The minimum Gasteiger partial charge on any atom is -0.363 e. The number of carbonyl (C=O) groups excluding carboxylic acids is 2. The van der Waals surface area contributed by atoms with E-state index >= 15 is 0 Å². The molecule has 0 radical (unpaired) electrons. The van der Waals surface area contributed by atoms with Gasteiger partial charge >= 0.3 is 0 Å². The summed E-state index contributed by atoms with van der Waals surface area (Å²) in [5.41, 5.74) is 0.425. The van der Waals surface area contributed by atoms with E-state index in [0.29, 0.717) is 11.6 Å². The molecular formula is C29H34Cl2N4O5S. The van der Waals surface area contributed by atoms with Gasteiger partial charge in [-0.2, -0.15) is 8.42 Å². The van der Waals surface area contributed by atoms with E-state index in [1.165, 1.54) is 42.5 Å². The Morgan fingerprint density at radius 3 is 2.05 bits per heavy atom. The van der Waals surface area contributed by atoms with E-state index in [1.807, 2.05) is 39.6 Å².